The van der Waals surface area contributed by atoms with Crippen LogP contribution in [0.25, 0.3) is 0 Å². The highest BCUT2D eigenvalue weighted by molar-refractivity contribution is 5.47. The molecule has 0 aromatic carbocycles. The quantitative estimate of drug-likeness (QED) is 0.575. The van der Waals surface area contributed by atoms with Gasteiger partial charge in [-0.1, -0.05) is 13.8 Å². The third-order valence-electron chi connectivity index (χ3n) is 2.35. The predicted octanol–water partition coefficient (Wildman–Crippen LogP) is 0.797. The zero-order valence-electron chi connectivity index (χ0n) is 11.1. The van der Waals surface area contributed by atoms with E-state index in [-0.39, 0.29) is 19.1 Å². The first-order valence-corrected chi connectivity index (χ1v) is 6.22. The van der Waals surface area contributed by atoms with Crippen LogP contribution in [0, 0.1) is 0 Å². The van der Waals surface area contributed by atoms with E-state index in [1.54, 1.807) is 6.07 Å². The van der Waals surface area contributed by atoms with E-state index in [9.17, 15) is 5.11 Å². The maximum Gasteiger partial charge on any atom is 0.135 e. The summed E-state index contributed by atoms with van der Waals surface area (Å²) in [5.74, 6) is 2.38. The van der Waals surface area contributed by atoms with Crippen LogP contribution in [0.3, 0.4) is 0 Å². The van der Waals surface area contributed by atoms with Crippen molar-refractivity contribution in [1.29, 1.82) is 0 Å². The molecule has 6 nitrogen and oxygen atoms in total. The Balaban J connectivity index is 2.82. The van der Waals surface area contributed by atoms with Crippen molar-refractivity contribution in [2.45, 2.75) is 32.8 Å². The predicted molar refractivity (Wildman–Crippen MR) is 71.9 cm³/mol. The molecule has 0 spiro atoms. The smallest absolute Gasteiger partial charge is 0.135 e. The molecule has 0 saturated carbocycles. The summed E-state index contributed by atoms with van der Waals surface area (Å²) in [6.45, 7) is 6.83. The van der Waals surface area contributed by atoms with Gasteiger partial charge in [-0.2, -0.15) is 0 Å². The summed E-state index contributed by atoms with van der Waals surface area (Å²) < 4.78 is 0. The highest BCUT2D eigenvalue weighted by Crippen LogP contribution is 2.16. The summed E-state index contributed by atoms with van der Waals surface area (Å²) in [5, 5.41) is 24.2. The second-order valence-electron chi connectivity index (χ2n) is 4.40. The average molecular weight is 254 g/mol. The topological polar surface area (TPSA) is 90.3 Å². The lowest BCUT2D eigenvalue weighted by Crippen LogP contribution is -2.23. The van der Waals surface area contributed by atoms with Crippen molar-refractivity contribution in [3.8, 4) is 0 Å². The summed E-state index contributed by atoms with van der Waals surface area (Å²) in [6, 6.07) is 1.79. The van der Waals surface area contributed by atoms with Crippen molar-refractivity contribution in [3.63, 3.8) is 0 Å². The lowest BCUT2D eigenvalue weighted by atomic mass is 10.2. The molecule has 0 amide bonds. The number of hydrogen-bond acceptors (Lipinski definition) is 6. The highest BCUT2D eigenvalue weighted by atomic mass is 16.3. The normalized spacial score (nSPS) is 12.6. The Labute approximate surface area is 107 Å². The maximum atomic E-state index is 9.30. The van der Waals surface area contributed by atoms with Crippen LogP contribution in [0.1, 0.15) is 32.5 Å². The van der Waals surface area contributed by atoms with E-state index < -0.39 is 6.10 Å². The van der Waals surface area contributed by atoms with Gasteiger partial charge in [0.1, 0.15) is 17.5 Å². The Morgan fingerprint density at radius 1 is 1.22 bits per heavy atom. The fourth-order valence-corrected chi connectivity index (χ4v) is 1.37. The minimum absolute atomic E-state index is 0.229. The number of hydrogen-bond donors (Lipinski definition) is 4. The number of anilines is 2. The van der Waals surface area contributed by atoms with Crippen LogP contribution in [0.2, 0.25) is 0 Å². The van der Waals surface area contributed by atoms with E-state index in [1.807, 2.05) is 20.8 Å². The Morgan fingerprint density at radius 2 is 1.83 bits per heavy atom. The Hall–Kier alpha value is -1.40. The second-order valence-corrected chi connectivity index (χ2v) is 4.40. The number of nitrogens with zero attached hydrogens (tertiary/aromatic N) is 2. The monoisotopic (exact) mass is 254 g/mol. The zero-order valence-corrected chi connectivity index (χ0v) is 11.1. The number of aromatic nitrogens is 2. The van der Waals surface area contributed by atoms with Gasteiger partial charge in [0.2, 0.25) is 0 Å². The molecule has 6 heteroatoms. The van der Waals surface area contributed by atoms with Gasteiger partial charge in [-0.25, -0.2) is 9.97 Å². The van der Waals surface area contributed by atoms with Crippen molar-refractivity contribution in [2.24, 2.45) is 0 Å². The van der Waals surface area contributed by atoms with Gasteiger partial charge in [0.25, 0.3) is 0 Å². The molecule has 1 unspecified atom stereocenters. The standard InChI is InChI=1S/C12H22N4O2/c1-4-13-10-5-11(14-6-9(18)7-17)16-12(15-10)8(2)3/h5,8-9,17-18H,4,6-7H2,1-3H3,(H2,13,14,15,16). The van der Waals surface area contributed by atoms with E-state index >= 15 is 0 Å². The first-order chi connectivity index (χ1) is 8.56. The molecule has 0 bridgehead atoms. The molecule has 18 heavy (non-hydrogen) atoms. The summed E-state index contributed by atoms with van der Waals surface area (Å²) in [6.07, 6.45) is -0.787. The Kier molecular flexibility index (Phi) is 5.80. The second kappa shape index (κ2) is 7.13. The number of aliphatic hydroxyl groups excluding tert-OH is 2. The van der Waals surface area contributed by atoms with Gasteiger partial charge >= 0.3 is 0 Å². The minimum Gasteiger partial charge on any atom is -0.394 e. The van der Waals surface area contributed by atoms with Gasteiger partial charge in [0, 0.05) is 25.1 Å². The van der Waals surface area contributed by atoms with Crippen LogP contribution < -0.4 is 10.6 Å². The van der Waals surface area contributed by atoms with Crippen molar-refractivity contribution >= 4 is 11.6 Å². The molecule has 0 radical (unpaired) electrons. The van der Waals surface area contributed by atoms with Crippen LogP contribution in [0.5, 0.6) is 0 Å². The lowest BCUT2D eigenvalue weighted by molar-refractivity contribution is 0.105. The first kappa shape index (κ1) is 14.7. The molecule has 0 aliphatic heterocycles. The van der Waals surface area contributed by atoms with Gasteiger partial charge < -0.3 is 20.8 Å². The molecular weight excluding hydrogens is 232 g/mol. The van der Waals surface area contributed by atoms with Crippen LogP contribution in [0.15, 0.2) is 6.07 Å². The molecule has 4 N–H and O–H groups in total. The van der Waals surface area contributed by atoms with E-state index in [1.165, 1.54) is 0 Å². The van der Waals surface area contributed by atoms with E-state index in [2.05, 4.69) is 20.6 Å². The molecule has 0 aliphatic rings. The lowest BCUT2D eigenvalue weighted by Gasteiger charge is -2.13. The number of rotatable bonds is 7. The molecule has 0 fully saturated rings. The molecule has 1 aromatic heterocycles. The maximum absolute atomic E-state index is 9.30. The number of nitrogens with one attached hydrogen (secondary N) is 2. The van der Waals surface area contributed by atoms with Gasteiger partial charge in [-0.05, 0) is 6.92 Å². The Morgan fingerprint density at radius 3 is 2.33 bits per heavy atom. The molecule has 1 heterocycles. The Bertz CT molecular complexity index is 371. The minimum atomic E-state index is -0.787. The first-order valence-electron chi connectivity index (χ1n) is 6.22. The molecule has 0 aliphatic carbocycles. The summed E-state index contributed by atoms with van der Waals surface area (Å²) in [4.78, 5) is 8.76. The van der Waals surface area contributed by atoms with E-state index in [4.69, 9.17) is 5.11 Å². The van der Waals surface area contributed by atoms with Gasteiger partial charge in [-0.15, -0.1) is 0 Å². The van der Waals surface area contributed by atoms with E-state index in [0.717, 1.165) is 18.2 Å². The largest absolute Gasteiger partial charge is 0.394 e. The summed E-state index contributed by atoms with van der Waals surface area (Å²) >= 11 is 0. The van der Waals surface area contributed by atoms with Crippen molar-refractivity contribution in [3.05, 3.63) is 11.9 Å². The molecule has 1 aromatic rings. The zero-order chi connectivity index (χ0) is 13.5. The van der Waals surface area contributed by atoms with Crippen LogP contribution in [0.4, 0.5) is 11.6 Å². The summed E-state index contributed by atoms with van der Waals surface area (Å²) in [5.41, 5.74) is 0. The van der Waals surface area contributed by atoms with Crippen LogP contribution in [-0.2, 0) is 0 Å². The number of aliphatic hydroxyl groups is 2. The van der Waals surface area contributed by atoms with Crippen molar-refractivity contribution < 1.29 is 10.2 Å². The third-order valence-corrected chi connectivity index (χ3v) is 2.35. The van der Waals surface area contributed by atoms with Crippen molar-refractivity contribution in [2.75, 3.05) is 30.3 Å². The van der Waals surface area contributed by atoms with E-state index in [0.29, 0.717) is 5.82 Å². The highest BCUT2D eigenvalue weighted by Gasteiger charge is 2.09. The fourth-order valence-electron chi connectivity index (χ4n) is 1.37. The average Bonchev–Trinajstić information content (AvgIpc) is 2.36. The molecular formula is C12H22N4O2. The fraction of sp³-hybridized carbons (Fsp3) is 0.667. The molecule has 102 valence electrons. The molecule has 0 saturated heterocycles. The molecule has 1 rings (SSSR count). The van der Waals surface area contributed by atoms with Gasteiger partial charge in [0.15, 0.2) is 0 Å². The molecule has 1 atom stereocenters. The van der Waals surface area contributed by atoms with Crippen LogP contribution >= 0.6 is 0 Å². The van der Waals surface area contributed by atoms with Gasteiger partial charge in [-0.3, -0.25) is 0 Å². The van der Waals surface area contributed by atoms with Gasteiger partial charge in [0.05, 0.1) is 12.7 Å². The SMILES string of the molecule is CCNc1cc(NCC(O)CO)nc(C(C)C)n1. The third kappa shape index (κ3) is 4.46. The van der Waals surface area contributed by atoms with Crippen LogP contribution in [-0.4, -0.2) is 46.0 Å². The summed E-state index contributed by atoms with van der Waals surface area (Å²) in [7, 11) is 0. The van der Waals surface area contributed by atoms with Crippen molar-refractivity contribution in [1.82, 2.24) is 9.97 Å².